The van der Waals surface area contributed by atoms with Crippen LogP contribution in [0, 0.1) is 28.6 Å². The number of hydrogen-bond donors (Lipinski definition) is 0. The molecule has 0 radical (unpaired) electrons. The van der Waals surface area contributed by atoms with Crippen molar-refractivity contribution in [3.05, 3.63) is 152 Å². The van der Waals surface area contributed by atoms with Crippen LogP contribution in [0.4, 0.5) is 0 Å². The number of benzene rings is 4. The number of esters is 7. The minimum Gasteiger partial charge on any atom is -0.482 e. The lowest BCUT2D eigenvalue weighted by Gasteiger charge is -2.33. The molecule has 0 amide bonds. The summed E-state index contributed by atoms with van der Waals surface area (Å²) in [7, 11) is 4.07. The first-order valence-corrected chi connectivity index (χ1v) is 30.5. The Kier molecular flexibility index (Phi) is 27.3. The molecule has 3 aromatic heterocycles. The van der Waals surface area contributed by atoms with Gasteiger partial charge in [-0.2, -0.15) is 0 Å². The predicted molar refractivity (Wildman–Crippen MR) is 346 cm³/mol. The number of rotatable bonds is 28. The molecule has 5 atom stereocenters. The minimum absolute atomic E-state index is 0.121. The standard InChI is InChI=1S/C27H30O7.C24H30O9.C20H24O7/c1-6-27(4,26(30)31-5)15-18(3)19-7-9-21(10-8-19)33-24(28)16-32-22-11-12-23-20(14-22)13-17(2)25(29)34-23;1-6-24(4,22(28)29-5)15-23(2,3)21(27)31-12-11-30-20(26)14-32-17-8-9-18-16(13-17)7-10-19(25)33-18;1-5-20(3,19(23)24-4)11-13(2)26-18(22)12-25-15-7-8-16-14(10-15)6-9-17(21)27-16/h7-14,18H,6,15-16H2,1-5H3;7-10,13H,6,11-12,14-15H2,1-5H3;6-10,13H,5,11-12H2,1-4H3. The molecule has 7 rings (SSSR count). The maximum Gasteiger partial charge on any atom is 0.349 e. The molecule has 0 fully saturated rings. The van der Waals surface area contributed by atoms with E-state index in [9.17, 15) is 47.9 Å². The second-order valence-electron chi connectivity index (χ2n) is 24.0. The minimum atomic E-state index is -0.929. The van der Waals surface area contributed by atoms with E-state index >= 15 is 0 Å². The van der Waals surface area contributed by atoms with E-state index in [-0.39, 0.29) is 68.9 Å². The molecule has 7 aromatic rings. The maximum atomic E-state index is 12.5. The summed E-state index contributed by atoms with van der Waals surface area (Å²) in [5.74, 6) is -1.26. The highest BCUT2D eigenvalue weighted by molar-refractivity contribution is 5.82. The van der Waals surface area contributed by atoms with Crippen molar-refractivity contribution < 1.29 is 94.2 Å². The largest absolute Gasteiger partial charge is 0.482 e. The van der Waals surface area contributed by atoms with Gasteiger partial charge in [-0.15, -0.1) is 0 Å². The second-order valence-corrected chi connectivity index (χ2v) is 24.0. The molecule has 506 valence electrons. The smallest absolute Gasteiger partial charge is 0.349 e. The van der Waals surface area contributed by atoms with Crippen LogP contribution < -0.4 is 35.8 Å². The molecule has 94 heavy (non-hydrogen) atoms. The molecule has 0 spiro atoms. The van der Waals surface area contributed by atoms with E-state index in [1.54, 1.807) is 126 Å². The molecule has 5 unspecified atom stereocenters. The lowest BCUT2D eigenvalue weighted by Crippen LogP contribution is -2.38. The molecule has 3 heterocycles. The van der Waals surface area contributed by atoms with Crippen LogP contribution in [0.5, 0.6) is 23.0 Å². The van der Waals surface area contributed by atoms with Crippen LogP contribution in [0.3, 0.4) is 0 Å². The van der Waals surface area contributed by atoms with E-state index in [1.807, 2.05) is 39.8 Å². The predicted octanol–water partition coefficient (Wildman–Crippen LogP) is 11.5. The highest BCUT2D eigenvalue weighted by Crippen LogP contribution is 2.39. The van der Waals surface area contributed by atoms with Crippen molar-refractivity contribution in [3.63, 3.8) is 0 Å². The van der Waals surface area contributed by atoms with Crippen LogP contribution in [0.15, 0.2) is 137 Å². The van der Waals surface area contributed by atoms with Crippen molar-refractivity contribution in [1.29, 1.82) is 0 Å². The highest BCUT2D eigenvalue weighted by atomic mass is 16.6. The Morgan fingerprint density at radius 1 is 0.457 bits per heavy atom. The van der Waals surface area contributed by atoms with Gasteiger partial charge < -0.3 is 60.6 Å². The van der Waals surface area contributed by atoms with Crippen molar-refractivity contribution in [1.82, 2.24) is 0 Å². The van der Waals surface area contributed by atoms with E-state index in [1.165, 1.54) is 33.5 Å². The third-order valence-electron chi connectivity index (χ3n) is 16.0. The van der Waals surface area contributed by atoms with Gasteiger partial charge in [0.1, 0.15) is 59.1 Å². The number of fused-ring (bicyclic) bond motifs is 3. The van der Waals surface area contributed by atoms with Crippen molar-refractivity contribution in [2.24, 2.45) is 21.7 Å². The van der Waals surface area contributed by atoms with E-state index < -0.39 is 62.9 Å². The first kappa shape index (κ1) is 74.9. The van der Waals surface area contributed by atoms with Gasteiger partial charge in [-0.05, 0) is 183 Å². The fourth-order valence-electron chi connectivity index (χ4n) is 10.2. The third-order valence-corrected chi connectivity index (χ3v) is 16.0. The van der Waals surface area contributed by atoms with Gasteiger partial charge in [-0.3, -0.25) is 19.2 Å². The first-order valence-electron chi connectivity index (χ1n) is 30.5. The van der Waals surface area contributed by atoms with Gasteiger partial charge in [0.2, 0.25) is 0 Å². The highest BCUT2D eigenvalue weighted by Gasteiger charge is 2.43. The molecule has 0 saturated carbocycles. The Bertz CT molecular complexity index is 3950. The zero-order valence-corrected chi connectivity index (χ0v) is 55.7. The number of carbonyl (C=O) groups is 7. The second kappa shape index (κ2) is 34.2. The van der Waals surface area contributed by atoms with Gasteiger partial charge >= 0.3 is 58.7 Å². The van der Waals surface area contributed by atoms with Crippen LogP contribution >= 0.6 is 0 Å². The average molecular weight is 1310 g/mol. The third kappa shape index (κ3) is 21.7. The number of hydrogen-bond acceptors (Lipinski definition) is 23. The molecule has 0 aliphatic heterocycles. The summed E-state index contributed by atoms with van der Waals surface area (Å²) in [5, 5.41) is 2.05. The van der Waals surface area contributed by atoms with Crippen LogP contribution in [0.1, 0.15) is 125 Å². The lowest BCUT2D eigenvalue weighted by molar-refractivity contribution is -0.164. The molecule has 23 heteroatoms. The first-order chi connectivity index (χ1) is 44.4. The summed E-state index contributed by atoms with van der Waals surface area (Å²) in [6, 6.07) is 29.4. The van der Waals surface area contributed by atoms with Gasteiger partial charge in [0.05, 0.1) is 43.0 Å². The van der Waals surface area contributed by atoms with Crippen molar-refractivity contribution in [2.45, 2.75) is 127 Å². The SMILES string of the molecule is CCC(C)(CC(C)(C)C(=O)OCCOC(=O)COc1ccc2oc(=O)ccc2c1)C(=O)OC.CCC(C)(CC(C)OC(=O)COc1ccc2oc(=O)ccc2c1)C(=O)OC.CCC(C)(CC(C)c1ccc(OC(=O)COc2ccc3oc(=O)c(C)cc3c2)cc1)C(=O)OC. The molecule has 0 aliphatic rings. The average Bonchev–Trinajstić information content (AvgIpc) is 1.99. The van der Waals surface area contributed by atoms with Crippen molar-refractivity contribution in [3.8, 4) is 23.0 Å². The Hall–Kier alpha value is -9.80. The van der Waals surface area contributed by atoms with Crippen LogP contribution in [0.2, 0.25) is 0 Å². The summed E-state index contributed by atoms with van der Waals surface area (Å²) in [6.07, 6.45) is 2.58. The topological polar surface area (TPSA) is 302 Å². The molecule has 23 nitrogen and oxygen atoms in total. The molecular formula is C71H84O23. The summed E-state index contributed by atoms with van der Waals surface area (Å²) >= 11 is 0. The van der Waals surface area contributed by atoms with Crippen molar-refractivity contribution in [2.75, 3.05) is 54.4 Å². The van der Waals surface area contributed by atoms with Gasteiger partial charge in [0.15, 0.2) is 19.8 Å². The van der Waals surface area contributed by atoms with E-state index in [0.717, 1.165) is 5.56 Å². The Morgan fingerprint density at radius 3 is 1.37 bits per heavy atom. The van der Waals surface area contributed by atoms with Crippen LogP contribution in [0.25, 0.3) is 32.9 Å². The van der Waals surface area contributed by atoms with E-state index in [2.05, 4.69) is 6.92 Å². The Labute approximate surface area is 544 Å². The molecular weight excluding hydrogens is 1220 g/mol. The summed E-state index contributed by atoms with van der Waals surface area (Å²) < 4.78 is 67.3. The van der Waals surface area contributed by atoms with Gasteiger partial charge in [0, 0.05) is 33.9 Å². The molecule has 4 aromatic carbocycles. The normalized spacial score (nSPS) is 13.6. The monoisotopic (exact) mass is 1300 g/mol. The van der Waals surface area contributed by atoms with Gasteiger partial charge in [0.25, 0.3) is 0 Å². The zero-order chi connectivity index (χ0) is 69.6. The van der Waals surface area contributed by atoms with Crippen LogP contribution in [-0.4, -0.2) is 102 Å². The summed E-state index contributed by atoms with van der Waals surface area (Å²) in [6.45, 7) is 18.9. The van der Waals surface area contributed by atoms with Gasteiger partial charge in [-0.25, -0.2) is 28.8 Å². The summed E-state index contributed by atoms with van der Waals surface area (Å²) in [5.41, 5.74) is -1.44. The number of methoxy groups -OCH3 is 3. The Morgan fingerprint density at radius 2 is 0.883 bits per heavy atom. The number of carbonyl (C=O) groups excluding carboxylic acids is 7. The molecule has 0 saturated heterocycles. The van der Waals surface area contributed by atoms with Crippen LogP contribution in [-0.2, 0) is 62.0 Å². The lowest BCUT2D eigenvalue weighted by atomic mass is 9.72. The maximum absolute atomic E-state index is 12.5. The number of ether oxygens (including phenoxy) is 10. The zero-order valence-electron chi connectivity index (χ0n) is 55.7. The molecule has 0 bridgehead atoms. The number of aryl methyl sites for hydroxylation is 1. The molecule has 0 aliphatic carbocycles. The fraction of sp³-hybridized carbons (Fsp3) is 0.437. The van der Waals surface area contributed by atoms with Gasteiger partial charge in [-0.1, -0.05) is 39.8 Å². The molecule has 0 N–H and O–H groups in total. The fourth-order valence-corrected chi connectivity index (χ4v) is 10.2. The Balaban J connectivity index is 0.000000257. The van der Waals surface area contributed by atoms with E-state index in [0.29, 0.717) is 93.6 Å². The summed E-state index contributed by atoms with van der Waals surface area (Å²) in [4.78, 5) is 119. The van der Waals surface area contributed by atoms with Crippen molar-refractivity contribution >= 4 is 74.7 Å². The quantitative estimate of drug-likeness (QED) is 0.0145. The van der Waals surface area contributed by atoms with E-state index in [4.69, 9.17) is 60.6 Å².